The maximum absolute atomic E-state index is 12.3. The lowest BCUT2D eigenvalue weighted by Gasteiger charge is -2.31. The van der Waals surface area contributed by atoms with Gasteiger partial charge in [-0.15, -0.1) is 13.2 Å². The van der Waals surface area contributed by atoms with Gasteiger partial charge < -0.3 is 15.4 Å². The van der Waals surface area contributed by atoms with Crippen LogP contribution in [0.2, 0.25) is 5.02 Å². The van der Waals surface area contributed by atoms with Crippen molar-refractivity contribution in [3.05, 3.63) is 35.6 Å². The van der Waals surface area contributed by atoms with Crippen LogP contribution in [0.4, 0.5) is 19.0 Å². The summed E-state index contributed by atoms with van der Waals surface area (Å²) >= 11 is 5.90. The lowest BCUT2D eigenvalue weighted by atomic mass is 9.96. The van der Waals surface area contributed by atoms with Gasteiger partial charge in [0.05, 0.1) is 10.7 Å². The Balaban J connectivity index is 1.78. The second-order valence-corrected chi connectivity index (χ2v) is 6.53. The van der Waals surface area contributed by atoms with Crippen LogP contribution in [0.3, 0.4) is 0 Å². The Morgan fingerprint density at radius 2 is 1.93 bits per heavy atom. The van der Waals surface area contributed by atoms with E-state index in [-0.39, 0.29) is 16.8 Å². The minimum absolute atomic E-state index is 0.137. The van der Waals surface area contributed by atoms with E-state index in [1.165, 1.54) is 18.5 Å². The average molecular weight is 401 g/mol. The van der Waals surface area contributed by atoms with E-state index in [1.54, 1.807) is 6.07 Å². The summed E-state index contributed by atoms with van der Waals surface area (Å²) < 4.78 is 40.9. The third-order valence-corrected chi connectivity index (χ3v) is 4.62. The van der Waals surface area contributed by atoms with Crippen LogP contribution < -0.4 is 15.4 Å². The maximum atomic E-state index is 12.3. The van der Waals surface area contributed by atoms with E-state index < -0.39 is 12.1 Å². The van der Waals surface area contributed by atoms with Gasteiger partial charge in [-0.3, -0.25) is 4.79 Å². The largest absolute Gasteiger partial charge is 0.573 e. The van der Waals surface area contributed by atoms with Crippen LogP contribution in [0.5, 0.6) is 5.75 Å². The second-order valence-electron chi connectivity index (χ2n) is 6.12. The van der Waals surface area contributed by atoms with Crippen LogP contribution >= 0.6 is 11.6 Å². The van der Waals surface area contributed by atoms with Crippen molar-refractivity contribution in [1.29, 1.82) is 0 Å². The van der Waals surface area contributed by atoms with E-state index in [0.717, 1.165) is 6.07 Å². The van der Waals surface area contributed by atoms with Gasteiger partial charge in [-0.1, -0.05) is 11.6 Å². The summed E-state index contributed by atoms with van der Waals surface area (Å²) in [6.07, 6.45) is -2.16. The van der Waals surface area contributed by atoms with Gasteiger partial charge in [0.2, 0.25) is 5.91 Å². The molecular weight excluding hydrogens is 385 g/mol. The number of anilines is 1. The first kappa shape index (κ1) is 19.2. The molecule has 0 unspecified atom stereocenters. The molecule has 0 spiro atoms. The number of alkyl halides is 3. The number of benzene rings is 1. The smallest absolute Gasteiger partial charge is 0.404 e. The molecular formula is C17H16ClF3N4O2. The molecule has 0 atom stereocenters. The van der Waals surface area contributed by atoms with Crippen molar-refractivity contribution in [2.24, 2.45) is 11.7 Å². The number of nitrogens with zero attached hydrogens (tertiary/aromatic N) is 3. The quantitative estimate of drug-likeness (QED) is 0.850. The van der Waals surface area contributed by atoms with Crippen LogP contribution in [0.1, 0.15) is 12.8 Å². The third kappa shape index (κ3) is 4.79. The van der Waals surface area contributed by atoms with Crippen LogP contribution in [0, 0.1) is 5.92 Å². The molecule has 1 aliphatic rings. The van der Waals surface area contributed by atoms with Gasteiger partial charge in [0.15, 0.2) is 0 Å². The highest BCUT2D eigenvalue weighted by Gasteiger charge is 2.32. The summed E-state index contributed by atoms with van der Waals surface area (Å²) in [4.78, 5) is 21.7. The van der Waals surface area contributed by atoms with E-state index in [1.807, 2.05) is 4.90 Å². The number of carbonyl (C=O) groups is 1. The lowest BCUT2D eigenvalue weighted by Crippen LogP contribution is -2.38. The fourth-order valence-electron chi connectivity index (χ4n) is 2.94. The standard InChI is InChI=1S/C17H16ClF3N4O2/c18-12-7-11(1-2-14(12)27-17(19,20)21)13-8-15(24-9-23-13)25-5-3-10(4-6-25)16(22)26/h1-2,7-10H,3-6H2,(H2,22,26). The number of piperidine rings is 1. The zero-order chi connectivity index (χ0) is 19.6. The van der Waals surface area contributed by atoms with E-state index in [0.29, 0.717) is 43.0 Å². The van der Waals surface area contributed by atoms with Crippen LogP contribution in [0.15, 0.2) is 30.6 Å². The predicted octanol–water partition coefficient (Wildman–Crippen LogP) is 3.40. The van der Waals surface area contributed by atoms with Gasteiger partial charge in [0.1, 0.15) is 17.9 Å². The van der Waals surface area contributed by atoms with Crippen molar-refractivity contribution in [2.45, 2.75) is 19.2 Å². The number of carbonyl (C=O) groups excluding carboxylic acids is 1. The fourth-order valence-corrected chi connectivity index (χ4v) is 3.16. The molecule has 144 valence electrons. The molecule has 1 fully saturated rings. The molecule has 1 saturated heterocycles. The molecule has 2 aromatic rings. The van der Waals surface area contributed by atoms with Crippen LogP contribution in [0.25, 0.3) is 11.3 Å². The molecule has 3 rings (SSSR count). The predicted molar refractivity (Wildman–Crippen MR) is 93.3 cm³/mol. The number of aromatic nitrogens is 2. The Morgan fingerprint density at radius 1 is 1.22 bits per heavy atom. The Kier molecular flexibility index (Phi) is 5.41. The molecule has 27 heavy (non-hydrogen) atoms. The lowest BCUT2D eigenvalue weighted by molar-refractivity contribution is -0.274. The summed E-state index contributed by atoms with van der Waals surface area (Å²) in [5.41, 5.74) is 6.38. The van der Waals surface area contributed by atoms with Crippen molar-refractivity contribution in [2.75, 3.05) is 18.0 Å². The summed E-state index contributed by atoms with van der Waals surface area (Å²) in [7, 11) is 0. The number of nitrogens with two attached hydrogens (primary N) is 1. The number of hydrogen-bond donors (Lipinski definition) is 1. The Morgan fingerprint density at radius 3 is 2.52 bits per heavy atom. The molecule has 1 aliphatic heterocycles. The fraction of sp³-hybridized carbons (Fsp3) is 0.353. The van der Waals surface area contributed by atoms with Crippen molar-refractivity contribution in [3.8, 4) is 17.0 Å². The second kappa shape index (κ2) is 7.59. The zero-order valence-corrected chi connectivity index (χ0v) is 14.8. The number of ether oxygens (including phenoxy) is 1. The molecule has 0 bridgehead atoms. The molecule has 0 aliphatic carbocycles. The molecule has 1 aromatic carbocycles. The summed E-state index contributed by atoms with van der Waals surface area (Å²) in [6, 6.07) is 5.66. The number of primary amides is 1. The van der Waals surface area contributed by atoms with Crippen molar-refractivity contribution >= 4 is 23.3 Å². The van der Waals surface area contributed by atoms with Gasteiger partial charge in [0.25, 0.3) is 0 Å². The van der Waals surface area contributed by atoms with Crippen LogP contribution in [-0.4, -0.2) is 35.3 Å². The molecule has 2 N–H and O–H groups in total. The van der Waals surface area contributed by atoms with E-state index in [2.05, 4.69) is 14.7 Å². The van der Waals surface area contributed by atoms with Crippen molar-refractivity contribution < 1.29 is 22.7 Å². The molecule has 1 amide bonds. The number of amides is 1. The highest BCUT2D eigenvalue weighted by atomic mass is 35.5. The van der Waals surface area contributed by atoms with E-state index in [9.17, 15) is 18.0 Å². The summed E-state index contributed by atoms with van der Waals surface area (Å²) in [6.45, 7) is 1.26. The van der Waals surface area contributed by atoms with E-state index >= 15 is 0 Å². The molecule has 0 radical (unpaired) electrons. The maximum Gasteiger partial charge on any atom is 0.573 e. The van der Waals surface area contributed by atoms with Crippen LogP contribution in [-0.2, 0) is 4.79 Å². The highest BCUT2D eigenvalue weighted by Crippen LogP contribution is 2.34. The Bertz CT molecular complexity index is 839. The third-order valence-electron chi connectivity index (χ3n) is 4.33. The van der Waals surface area contributed by atoms with Gasteiger partial charge in [-0.2, -0.15) is 0 Å². The van der Waals surface area contributed by atoms with E-state index in [4.69, 9.17) is 17.3 Å². The number of halogens is 4. The summed E-state index contributed by atoms with van der Waals surface area (Å²) in [5.74, 6) is -0.248. The topological polar surface area (TPSA) is 81.3 Å². The van der Waals surface area contributed by atoms with Gasteiger partial charge >= 0.3 is 6.36 Å². The van der Waals surface area contributed by atoms with Gasteiger partial charge in [-0.25, -0.2) is 9.97 Å². The Labute approximate surface area is 158 Å². The molecule has 6 nitrogen and oxygen atoms in total. The highest BCUT2D eigenvalue weighted by molar-refractivity contribution is 6.32. The Hall–Kier alpha value is -2.55. The van der Waals surface area contributed by atoms with Crippen molar-refractivity contribution in [3.63, 3.8) is 0 Å². The molecule has 10 heteroatoms. The monoisotopic (exact) mass is 400 g/mol. The molecule has 2 heterocycles. The minimum atomic E-state index is -4.82. The SMILES string of the molecule is NC(=O)C1CCN(c2cc(-c3ccc(OC(F)(F)F)c(Cl)c3)ncn2)CC1. The molecule has 0 saturated carbocycles. The summed E-state index contributed by atoms with van der Waals surface area (Å²) in [5, 5.41) is -0.174. The first-order valence-corrected chi connectivity index (χ1v) is 8.53. The average Bonchev–Trinajstić information content (AvgIpc) is 2.62. The first-order valence-electron chi connectivity index (χ1n) is 8.15. The number of hydrogen-bond acceptors (Lipinski definition) is 5. The normalized spacial score (nSPS) is 15.6. The number of rotatable bonds is 4. The van der Waals surface area contributed by atoms with Gasteiger partial charge in [-0.05, 0) is 31.0 Å². The first-order chi connectivity index (χ1) is 12.7. The molecule has 1 aromatic heterocycles. The van der Waals surface area contributed by atoms with Crippen molar-refractivity contribution in [1.82, 2.24) is 9.97 Å². The van der Waals surface area contributed by atoms with Gasteiger partial charge in [0, 0.05) is 30.6 Å². The minimum Gasteiger partial charge on any atom is -0.404 e. The zero-order valence-electron chi connectivity index (χ0n) is 14.0.